The van der Waals surface area contributed by atoms with E-state index in [1.165, 1.54) is 68.3 Å². The second-order valence-corrected chi connectivity index (χ2v) is 14.7. The zero-order valence-electron chi connectivity index (χ0n) is 26.3. The van der Waals surface area contributed by atoms with E-state index in [0.717, 1.165) is 52.0 Å². The van der Waals surface area contributed by atoms with Gasteiger partial charge in [-0.15, -0.1) is 11.3 Å². The van der Waals surface area contributed by atoms with Gasteiger partial charge in [-0.25, -0.2) is 9.97 Å². The van der Waals surface area contributed by atoms with Gasteiger partial charge in [0.15, 0.2) is 5.82 Å². The Balaban J connectivity index is 1.13. The maximum atomic E-state index is 12.8. The van der Waals surface area contributed by atoms with Gasteiger partial charge in [-0.3, -0.25) is 4.79 Å². The smallest absolute Gasteiger partial charge is 0.261 e. The lowest BCUT2D eigenvalue weighted by Crippen LogP contribution is -2.37. The molecule has 1 N–H and O–H groups in total. The molecule has 3 aromatic rings. The standard InChI is InChI=1S/C37H47N3O2S/c1-5-6-25-7-11-27(12-8-25)28-15-17-29(18-16-28)31-22-38-35(39-23-31)30-13-9-26(10-14-30)21-32(24-41)40-36(42)33-19-20-34(43-33)37(2,3)4/h9-10,13-14,17,19-20,22-25,27-28,32H,5-8,11-12,15-16,18,21H2,1-4H3,(H,40,42). The summed E-state index contributed by atoms with van der Waals surface area (Å²) >= 11 is 1.48. The fourth-order valence-corrected chi connectivity index (χ4v) is 7.79. The van der Waals surface area contributed by atoms with Gasteiger partial charge in [-0.1, -0.05) is 83.7 Å². The fourth-order valence-electron chi connectivity index (χ4n) is 6.82. The number of benzene rings is 1. The highest BCUT2D eigenvalue weighted by molar-refractivity contribution is 7.14. The van der Waals surface area contributed by atoms with Crippen LogP contribution in [0, 0.1) is 17.8 Å². The number of aldehydes is 1. The predicted molar refractivity (Wildman–Crippen MR) is 177 cm³/mol. The third-order valence-electron chi connectivity index (χ3n) is 9.45. The highest BCUT2D eigenvalue weighted by Gasteiger charge is 2.28. The van der Waals surface area contributed by atoms with Gasteiger partial charge in [0.25, 0.3) is 5.91 Å². The van der Waals surface area contributed by atoms with Crippen molar-refractivity contribution in [1.82, 2.24) is 15.3 Å². The molecule has 2 heterocycles. The molecule has 5 nitrogen and oxygen atoms in total. The van der Waals surface area contributed by atoms with E-state index in [1.807, 2.05) is 48.8 Å². The van der Waals surface area contributed by atoms with Crippen molar-refractivity contribution in [2.45, 2.75) is 103 Å². The molecule has 0 bridgehead atoms. The molecular weight excluding hydrogens is 550 g/mol. The van der Waals surface area contributed by atoms with Crippen molar-refractivity contribution in [2.24, 2.45) is 17.8 Å². The summed E-state index contributed by atoms with van der Waals surface area (Å²) in [6.45, 7) is 8.69. The zero-order chi connectivity index (χ0) is 30.4. The lowest BCUT2D eigenvalue weighted by molar-refractivity contribution is -0.109. The van der Waals surface area contributed by atoms with Crippen LogP contribution in [0.2, 0.25) is 0 Å². The molecule has 1 aromatic carbocycles. The van der Waals surface area contributed by atoms with Gasteiger partial charge < -0.3 is 10.1 Å². The van der Waals surface area contributed by atoms with Crippen molar-refractivity contribution in [2.75, 3.05) is 0 Å². The maximum absolute atomic E-state index is 12.8. The van der Waals surface area contributed by atoms with Gasteiger partial charge >= 0.3 is 0 Å². The summed E-state index contributed by atoms with van der Waals surface area (Å²) in [5.41, 5.74) is 4.42. The Morgan fingerprint density at radius 1 is 0.977 bits per heavy atom. The molecule has 0 spiro atoms. The first-order chi connectivity index (χ1) is 20.7. The van der Waals surface area contributed by atoms with E-state index >= 15 is 0 Å². The summed E-state index contributed by atoms with van der Waals surface area (Å²) < 4.78 is 0. The van der Waals surface area contributed by atoms with Crippen LogP contribution in [-0.4, -0.2) is 28.2 Å². The van der Waals surface area contributed by atoms with Crippen LogP contribution in [0.3, 0.4) is 0 Å². The van der Waals surface area contributed by atoms with Gasteiger partial charge in [-0.05, 0) is 85.0 Å². The van der Waals surface area contributed by atoms with Crippen LogP contribution < -0.4 is 5.32 Å². The van der Waals surface area contributed by atoms with Crippen LogP contribution in [0.25, 0.3) is 17.0 Å². The number of amides is 1. The van der Waals surface area contributed by atoms with Crippen LogP contribution in [0.5, 0.6) is 0 Å². The van der Waals surface area contributed by atoms with Crippen LogP contribution in [0.15, 0.2) is 54.9 Å². The number of hydrogen-bond donors (Lipinski definition) is 1. The molecule has 43 heavy (non-hydrogen) atoms. The lowest BCUT2D eigenvalue weighted by Gasteiger charge is -2.35. The number of nitrogens with zero attached hydrogens (tertiary/aromatic N) is 2. The molecule has 228 valence electrons. The topological polar surface area (TPSA) is 72.0 Å². The molecule has 5 rings (SSSR count). The second kappa shape index (κ2) is 14.1. The summed E-state index contributed by atoms with van der Waals surface area (Å²) in [4.78, 5) is 35.7. The monoisotopic (exact) mass is 597 g/mol. The quantitative estimate of drug-likeness (QED) is 0.237. The Kier molecular flexibility index (Phi) is 10.3. The minimum Gasteiger partial charge on any atom is -0.341 e. The number of thiophene rings is 1. The first-order valence-electron chi connectivity index (χ1n) is 16.2. The Morgan fingerprint density at radius 2 is 1.70 bits per heavy atom. The Labute approximate surface area is 261 Å². The minimum atomic E-state index is -0.589. The van der Waals surface area contributed by atoms with E-state index in [-0.39, 0.29) is 11.3 Å². The van der Waals surface area contributed by atoms with Gasteiger partial charge in [0.1, 0.15) is 6.29 Å². The average molecular weight is 598 g/mol. The molecule has 1 amide bonds. The van der Waals surface area contributed by atoms with Gasteiger partial charge in [0.05, 0.1) is 10.9 Å². The molecule has 2 aliphatic carbocycles. The largest absolute Gasteiger partial charge is 0.341 e. The molecule has 1 saturated carbocycles. The van der Waals surface area contributed by atoms with Crippen molar-refractivity contribution in [3.8, 4) is 11.4 Å². The molecule has 0 radical (unpaired) electrons. The van der Waals surface area contributed by atoms with E-state index in [1.54, 1.807) is 0 Å². The lowest BCUT2D eigenvalue weighted by atomic mass is 9.70. The molecule has 2 aliphatic rings. The molecular formula is C37H47N3O2S. The third kappa shape index (κ3) is 8.08. The minimum absolute atomic E-state index is 0.0114. The number of rotatable bonds is 10. The van der Waals surface area contributed by atoms with Crippen LogP contribution in [0.1, 0.15) is 111 Å². The van der Waals surface area contributed by atoms with Crippen molar-refractivity contribution in [3.05, 3.63) is 75.7 Å². The summed E-state index contributed by atoms with van der Waals surface area (Å²) in [5, 5.41) is 2.88. The Morgan fingerprint density at radius 3 is 2.28 bits per heavy atom. The van der Waals surface area contributed by atoms with E-state index < -0.39 is 6.04 Å². The van der Waals surface area contributed by atoms with Crippen LogP contribution >= 0.6 is 11.3 Å². The normalized spacial score (nSPS) is 21.6. The third-order valence-corrected chi connectivity index (χ3v) is 11.0. The molecule has 2 unspecified atom stereocenters. The first kappa shape index (κ1) is 31.3. The second-order valence-electron chi connectivity index (χ2n) is 13.7. The van der Waals surface area contributed by atoms with Crippen molar-refractivity contribution >= 4 is 29.1 Å². The molecule has 2 aromatic heterocycles. The SMILES string of the molecule is CCCC1CCC(C2CC=C(c3cnc(-c4ccc(CC(C=O)NC(=O)c5ccc(C(C)(C)C)s5)cc4)nc3)CC2)CC1. The fraction of sp³-hybridized carbons (Fsp3) is 0.514. The Bertz CT molecular complexity index is 1390. The summed E-state index contributed by atoms with van der Waals surface area (Å²) in [7, 11) is 0. The van der Waals surface area contributed by atoms with E-state index in [2.05, 4.69) is 39.1 Å². The number of carbonyl (C=O) groups excluding carboxylic acids is 2. The van der Waals surface area contributed by atoms with Gasteiger partial charge in [-0.2, -0.15) is 0 Å². The van der Waals surface area contributed by atoms with Crippen molar-refractivity contribution in [3.63, 3.8) is 0 Å². The van der Waals surface area contributed by atoms with E-state index in [4.69, 9.17) is 9.97 Å². The number of hydrogen-bond acceptors (Lipinski definition) is 5. The molecule has 1 fully saturated rings. The number of aromatic nitrogens is 2. The van der Waals surface area contributed by atoms with Crippen molar-refractivity contribution in [1.29, 1.82) is 0 Å². The summed E-state index contributed by atoms with van der Waals surface area (Å²) in [5.74, 6) is 3.21. The summed E-state index contributed by atoms with van der Waals surface area (Å²) in [6.07, 6.45) is 19.7. The highest BCUT2D eigenvalue weighted by atomic mass is 32.1. The van der Waals surface area contributed by atoms with Crippen LogP contribution in [-0.2, 0) is 16.6 Å². The maximum Gasteiger partial charge on any atom is 0.261 e. The van der Waals surface area contributed by atoms with Gasteiger partial charge in [0, 0.05) is 28.4 Å². The van der Waals surface area contributed by atoms with Gasteiger partial charge in [0.2, 0.25) is 0 Å². The predicted octanol–water partition coefficient (Wildman–Crippen LogP) is 8.83. The first-order valence-corrected chi connectivity index (χ1v) is 17.0. The summed E-state index contributed by atoms with van der Waals surface area (Å²) in [6, 6.07) is 11.2. The highest BCUT2D eigenvalue weighted by Crippen LogP contribution is 2.42. The number of allylic oxidation sites excluding steroid dienone is 2. The van der Waals surface area contributed by atoms with E-state index in [9.17, 15) is 9.59 Å². The molecule has 0 aliphatic heterocycles. The van der Waals surface area contributed by atoms with Crippen LogP contribution in [0.4, 0.5) is 0 Å². The molecule has 0 saturated heterocycles. The van der Waals surface area contributed by atoms with Crippen molar-refractivity contribution < 1.29 is 9.59 Å². The van der Waals surface area contributed by atoms with E-state index in [0.29, 0.717) is 17.1 Å². The zero-order valence-corrected chi connectivity index (χ0v) is 27.1. The molecule has 2 atom stereocenters. The number of carbonyl (C=O) groups is 2. The Hall–Kier alpha value is -3.12. The molecule has 6 heteroatoms. The average Bonchev–Trinajstić information content (AvgIpc) is 3.54. The number of nitrogens with one attached hydrogen (secondary N) is 1.